The Morgan fingerprint density at radius 3 is 3.07 bits per heavy atom. The van der Waals surface area contributed by atoms with Gasteiger partial charge in [0.25, 0.3) is 0 Å². The number of benzene rings is 1. The van der Waals surface area contributed by atoms with Crippen molar-refractivity contribution in [1.82, 2.24) is 4.98 Å². The molecule has 15 heavy (non-hydrogen) atoms. The average molecular weight is 213 g/mol. The van der Waals surface area contributed by atoms with E-state index in [4.69, 9.17) is 0 Å². The van der Waals surface area contributed by atoms with Gasteiger partial charge in [-0.1, -0.05) is 36.4 Å². The number of hydrogen-bond acceptors (Lipinski definition) is 2. The number of fused-ring (bicyclic) bond motifs is 1. The van der Waals surface area contributed by atoms with Crippen LogP contribution in [0.25, 0.3) is 6.08 Å². The van der Waals surface area contributed by atoms with Crippen molar-refractivity contribution in [3.63, 3.8) is 0 Å². The van der Waals surface area contributed by atoms with Gasteiger partial charge in [0, 0.05) is 11.3 Å². The van der Waals surface area contributed by atoms with E-state index in [0.717, 1.165) is 6.42 Å². The molecule has 0 saturated heterocycles. The van der Waals surface area contributed by atoms with E-state index in [0.29, 0.717) is 5.92 Å². The van der Waals surface area contributed by atoms with Crippen molar-refractivity contribution in [3.05, 3.63) is 58.1 Å². The zero-order chi connectivity index (χ0) is 10.1. The molecule has 2 aromatic rings. The summed E-state index contributed by atoms with van der Waals surface area (Å²) in [6.45, 7) is 0. The van der Waals surface area contributed by atoms with Crippen LogP contribution >= 0.6 is 11.3 Å². The number of thiazole rings is 1. The Hall–Kier alpha value is -1.41. The minimum Gasteiger partial charge on any atom is -0.249 e. The van der Waals surface area contributed by atoms with Gasteiger partial charge in [-0.25, -0.2) is 4.98 Å². The highest BCUT2D eigenvalue weighted by molar-refractivity contribution is 7.07. The number of aromatic nitrogens is 1. The quantitative estimate of drug-likeness (QED) is 0.706. The lowest BCUT2D eigenvalue weighted by atomic mass is 9.88. The van der Waals surface area contributed by atoms with Crippen LogP contribution in [0, 0.1) is 0 Å². The SMILES string of the molecule is C1=CC(c2cscn2)Cc2ccccc21. The molecule has 0 saturated carbocycles. The van der Waals surface area contributed by atoms with Gasteiger partial charge in [0.1, 0.15) is 0 Å². The molecule has 0 radical (unpaired) electrons. The van der Waals surface area contributed by atoms with Crippen LogP contribution in [-0.4, -0.2) is 4.98 Å². The molecule has 0 N–H and O–H groups in total. The molecule has 2 heteroatoms. The van der Waals surface area contributed by atoms with Crippen molar-refractivity contribution in [2.75, 3.05) is 0 Å². The molecule has 1 heterocycles. The van der Waals surface area contributed by atoms with E-state index in [1.54, 1.807) is 11.3 Å². The van der Waals surface area contributed by atoms with E-state index >= 15 is 0 Å². The van der Waals surface area contributed by atoms with Crippen LogP contribution in [0.5, 0.6) is 0 Å². The van der Waals surface area contributed by atoms with Crippen LogP contribution in [0.2, 0.25) is 0 Å². The van der Waals surface area contributed by atoms with Crippen LogP contribution in [-0.2, 0) is 6.42 Å². The van der Waals surface area contributed by atoms with Crippen molar-refractivity contribution < 1.29 is 0 Å². The topological polar surface area (TPSA) is 12.9 Å². The third kappa shape index (κ3) is 1.61. The predicted molar refractivity (Wildman–Crippen MR) is 64.0 cm³/mol. The first-order chi connectivity index (χ1) is 7.43. The average Bonchev–Trinajstić information content (AvgIpc) is 2.82. The van der Waals surface area contributed by atoms with Gasteiger partial charge in [-0.3, -0.25) is 0 Å². The summed E-state index contributed by atoms with van der Waals surface area (Å²) in [6, 6.07) is 8.57. The van der Waals surface area contributed by atoms with E-state index in [1.165, 1.54) is 16.8 Å². The van der Waals surface area contributed by atoms with Gasteiger partial charge in [-0.15, -0.1) is 11.3 Å². The Balaban J connectivity index is 1.96. The minimum atomic E-state index is 0.464. The second kappa shape index (κ2) is 3.63. The summed E-state index contributed by atoms with van der Waals surface area (Å²) < 4.78 is 0. The van der Waals surface area contributed by atoms with E-state index in [1.807, 2.05) is 5.51 Å². The molecule has 1 atom stereocenters. The van der Waals surface area contributed by atoms with Gasteiger partial charge in [0.15, 0.2) is 0 Å². The Bertz CT molecular complexity index is 485. The molecule has 0 aliphatic heterocycles. The largest absolute Gasteiger partial charge is 0.249 e. The highest BCUT2D eigenvalue weighted by atomic mass is 32.1. The van der Waals surface area contributed by atoms with Crippen LogP contribution in [0.3, 0.4) is 0 Å². The fourth-order valence-electron chi connectivity index (χ4n) is 2.02. The molecular formula is C13H11NS. The molecule has 0 spiro atoms. The molecule has 1 nitrogen and oxygen atoms in total. The Labute approximate surface area is 93.1 Å². The number of nitrogens with zero attached hydrogens (tertiary/aromatic N) is 1. The summed E-state index contributed by atoms with van der Waals surface area (Å²) in [7, 11) is 0. The monoisotopic (exact) mass is 213 g/mol. The molecule has 1 aliphatic carbocycles. The molecule has 74 valence electrons. The molecule has 0 bridgehead atoms. The first-order valence-electron chi connectivity index (χ1n) is 5.08. The third-order valence-corrected chi connectivity index (χ3v) is 3.44. The summed E-state index contributed by atoms with van der Waals surface area (Å²) in [4.78, 5) is 4.38. The lowest BCUT2D eigenvalue weighted by molar-refractivity contribution is 0.801. The summed E-state index contributed by atoms with van der Waals surface area (Å²) in [6.07, 6.45) is 5.55. The van der Waals surface area contributed by atoms with Gasteiger partial charge in [0.2, 0.25) is 0 Å². The first kappa shape index (κ1) is 8.86. The molecule has 1 aliphatic rings. The van der Waals surface area contributed by atoms with Crippen molar-refractivity contribution in [2.45, 2.75) is 12.3 Å². The first-order valence-corrected chi connectivity index (χ1v) is 6.02. The lowest BCUT2D eigenvalue weighted by Crippen LogP contribution is -2.05. The van der Waals surface area contributed by atoms with Crippen LogP contribution in [0.1, 0.15) is 22.7 Å². The zero-order valence-corrected chi connectivity index (χ0v) is 9.08. The van der Waals surface area contributed by atoms with E-state index in [2.05, 4.69) is 46.8 Å². The van der Waals surface area contributed by atoms with E-state index in [-0.39, 0.29) is 0 Å². The molecule has 1 unspecified atom stereocenters. The minimum absolute atomic E-state index is 0.464. The normalized spacial score (nSPS) is 18.8. The highest BCUT2D eigenvalue weighted by Crippen LogP contribution is 2.29. The van der Waals surface area contributed by atoms with Gasteiger partial charge in [-0.05, 0) is 17.5 Å². The third-order valence-electron chi connectivity index (χ3n) is 2.83. The van der Waals surface area contributed by atoms with Gasteiger partial charge in [-0.2, -0.15) is 0 Å². The predicted octanol–water partition coefficient (Wildman–Crippen LogP) is 3.50. The second-order valence-corrected chi connectivity index (χ2v) is 4.50. The molecular weight excluding hydrogens is 202 g/mol. The zero-order valence-electron chi connectivity index (χ0n) is 8.26. The van der Waals surface area contributed by atoms with E-state index < -0.39 is 0 Å². The fraction of sp³-hybridized carbons (Fsp3) is 0.154. The summed E-state index contributed by atoms with van der Waals surface area (Å²) >= 11 is 1.67. The van der Waals surface area contributed by atoms with Gasteiger partial charge < -0.3 is 0 Å². The van der Waals surface area contributed by atoms with Crippen molar-refractivity contribution in [3.8, 4) is 0 Å². The Kier molecular flexibility index (Phi) is 2.14. The van der Waals surface area contributed by atoms with Crippen molar-refractivity contribution in [2.24, 2.45) is 0 Å². The molecule has 0 fully saturated rings. The number of rotatable bonds is 1. The summed E-state index contributed by atoms with van der Waals surface area (Å²) in [5.74, 6) is 0.464. The van der Waals surface area contributed by atoms with Gasteiger partial charge >= 0.3 is 0 Å². The summed E-state index contributed by atoms with van der Waals surface area (Å²) in [5.41, 5.74) is 5.89. The standard InChI is InChI=1S/C13H11NS/c1-2-4-11-7-12(6-5-10(11)3-1)13-8-15-9-14-13/h1-6,8-9,12H,7H2. The fourth-order valence-corrected chi connectivity index (χ4v) is 2.63. The molecule has 1 aromatic heterocycles. The van der Waals surface area contributed by atoms with Crippen LogP contribution < -0.4 is 0 Å². The lowest BCUT2D eigenvalue weighted by Gasteiger charge is -2.17. The number of hydrogen-bond donors (Lipinski definition) is 0. The Morgan fingerprint density at radius 2 is 2.20 bits per heavy atom. The number of allylic oxidation sites excluding steroid dienone is 1. The maximum Gasteiger partial charge on any atom is 0.0794 e. The van der Waals surface area contributed by atoms with Gasteiger partial charge in [0.05, 0.1) is 11.2 Å². The van der Waals surface area contributed by atoms with Crippen molar-refractivity contribution >= 4 is 17.4 Å². The van der Waals surface area contributed by atoms with E-state index in [9.17, 15) is 0 Å². The Morgan fingerprint density at radius 1 is 1.27 bits per heavy atom. The second-order valence-electron chi connectivity index (χ2n) is 3.78. The van der Waals surface area contributed by atoms with Crippen LogP contribution in [0.4, 0.5) is 0 Å². The van der Waals surface area contributed by atoms with Crippen LogP contribution in [0.15, 0.2) is 41.2 Å². The van der Waals surface area contributed by atoms with Crippen molar-refractivity contribution in [1.29, 1.82) is 0 Å². The maximum atomic E-state index is 4.38. The molecule has 0 amide bonds. The maximum absolute atomic E-state index is 4.38. The smallest absolute Gasteiger partial charge is 0.0794 e. The summed E-state index contributed by atoms with van der Waals surface area (Å²) in [5, 5.41) is 2.14. The molecule has 3 rings (SSSR count). The molecule has 1 aromatic carbocycles. The highest BCUT2D eigenvalue weighted by Gasteiger charge is 2.16.